The Morgan fingerprint density at radius 1 is 1.17 bits per heavy atom. The number of amides is 2. The molecule has 0 aliphatic carbocycles. The Morgan fingerprint density at radius 3 is 2.83 bits per heavy atom. The number of carbonyl (C=O) groups excluding carboxylic acids is 1. The molecule has 0 bridgehead atoms. The summed E-state index contributed by atoms with van der Waals surface area (Å²) in [5.41, 5.74) is 1.04. The molecule has 0 radical (unpaired) electrons. The Morgan fingerprint density at radius 2 is 2.00 bits per heavy atom. The molecule has 1 aromatic rings. The Hall–Kier alpha value is -0.560. The van der Waals surface area contributed by atoms with Gasteiger partial charge in [0.25, 0.3) is 0 Å². The molecule has 0 aromatic carbocycles. The minimum absolute atomic E-state index is 0. The number of carbonyl (C=O) groups is 1. The van der Waals surface area contributed by atoms with Gasteiger partial charge >= 0.3 is 6.03 Å². The summed E-state index contributed by atoms with van der Waals surface area (Å²) in [6.45, 7) is 4.98. The number of ether oxygens (including phenoxy) is 1. The molecule has 2 N–H and O–H groups in total. The number of anilines is 1. The number of unbranched alkanes of at least 4 members (excludes halogenated alkanes) is 1. The van der Waals surface area contributed by atoms with Crippen molar-refractivity contribution in [3.63, 3.8) is 0 Å². The van der Waals surface area contributed by atoms with Crippen LogP contribution in [0.2, 0.25) is 0 Å². The van der Waals surface area contributed by atoms with E-state index in [0.717, 1.165) is 24.8 Å². The summed E-state index contributed by atoms with van der Waals surface area (Å²) < 4.78 is 5.74. The van der Waals surface area contributed by atoms with Crippen molar-refractivity contribution in [3.8, 4) is 5.88 Å². The SMILES string of the molecule is O=C1NCCc2ccc(OCCCCN3CCCCC3)nc2N1.[Ar]. The van der Waals surface area contributed by atoms with Crippen LogP contribution >= 0.6 is 0 Å². The van der Waals surface area contributed by atoms with E-state index in [9.17, 15) is 4.79 Å². The maximum atomic E-state index is 11.5. The summed E-state index contributed by atoms with van der Waals surface area (Å²) in [6, 6.07) is 3.68. The van der Waals surface area contributed by atoms with Gasteiger partial charge in [-0.05, 0) is 63.4 Å². The van der Waals surface area contributed by atoms with Crippen molar-refractivity contribution in [2.75, 3.05) is 38.1 Å². The van der Waals surface area contributed by atoms with Gasteiger partial charge in [-0.3, -0.25) is 5.32 Å². The monoisotopic (exact) mass is 358 g/mol. The second kappa shape index (κ2) is 10.4. The summed E-state index contributed by atoms with van der Waals surface area (Å²) in [5, 5.41) is 5.53. The summed E-state index contributed by atoms with van der Waals surface area (Å²) in [7, 11) is 0. The first-order chi connectivity index (χ1) is 11.3. The molecule has 7 heteroatoms. The first-order valence-electron chi connectivity index (χ1n) is 8.71. The van der Waals surface area contributed by atoms with Crippen LogP contribution in [-0.4, -0.2) is 48.7 Å². The van der Waals surface area contributed by atoms with E-state index in [4.69, 9.17) is 4.74 Å². The zero-order chi connectivity index (χ0) is 15.9. The number of urea groups is 1. The number of hydrogen-bond acceptors (Lipinski definition) is 4. The smallest absolute Gasteiger partial charge is 0.320 e. The van der Waals surface area contributed by atoms with Crippen LogP contribution in [0.4, 0.5) is 10.6 Å². The number of rotatable bonds is 6. The number of aromatic nitrogens is 1. The van der Waals surface area contributed by atoms with E-state index >= 15 is 0 Å². The second-order valence-corrected chi connectivity index (χ2v) is 6.25. The van der Waals surface area contributed by atoms with Gasteiger partial charge < -0.3 is 15.0 Å². The van der Waals surface area contributed by atoms with Gasteiger partial charge in [-0.25, -0.2) is 4.79 Å². The molecule has 2 amide bonds. The number of nitrogens with zero attached hydrogens (tertiary/aromatic N) is 2. The van der Waals surface area contributed by atoms with Crippen LogP contribution in [-0.2, 0) is 6.42 Å². The molecule has 0 atom stereocenters. The molecular formula is C17H26ArN4O2. The van der Waals surface area contributed by atoms with Crippen LogP contribution in [0.3, 0.4) is 0 Å². The predicted molar refractivity (Wildman–Crippen MR) is 90.0 cm³/mol. The van der Waals surface area contributed by atoms with Crippen LogP contribution in [0.1, 0.15) is 37.7 Å². The molecule has 24 heavy (non-hydrogen) atoms. The van der Waals surface area contributed by atoms with Crippen molar-refractivity contribution >= 4 is 11.8 Å². The van der Waals surface area contributed by atoms with Crippen molar-refractivity contribution in [2.24, 2.45) is 0 Å². The molecule has 0 unspecified atom stereocenters. The van der Waals surface area contributed by atoms with E-state index in [-0.39, 0.29) is 43.8 Å². The summed E-state index contributed by atoms with van der Waals surface area (Å²) >= 11 is 0. The average Bonchev–Trinajstić information content (AvgIpc) is 2.75. The maximum absolute atomic E-state index is 11.5. The van der Waals surface area contributed by atoms with Crippen molar-refractivity contribution in [1.82, 2.24) is 15.2 Å². The quantitative estimate of drug-likeness (QED) is 0.767. The first kappa shape index (κ1) is 19.8. The third-order valence-corrected chi connectivity index (χ3v) is 4.43. The Bertz CT molecular complexity index is 535. The summed E-state index contributed by atoms with van der Waals surface area (Å²) in [5.74, 6) is 1.20. The van der Waals surface area contributed by atoms with E-state index < -0.39 is 0 Å². The number of nitrogens with one attached hydrogen (secondary N) is 2. The van der Waals surface area contributed by atoms with Crippen LogP contribution in [0, 0.1) is 37.7 Å². The number of pyridine rings is 1. The molecular weight excluding hydrogens is 332 g/mol. The van der Waals surface area contributed by atoms with Gasteiger partial charge in [0, 0.05) is 50.3 Å². The Balaban J connectivity index is 0.00000208. The first-order valence-corrected chi connectivity index (χ1v) is 8.71. The summed E-state index contributed by atoms with van der Waals surface area (Å²) in [6.07, 6.45) is 7.05. The van der Waals surface area contributed by atoms with Crippen molar-refractivity contribution in [1.29, 1.82) is 0 Å². The van der Waals surface area contributed by atoms with E-state index in [1.54, 1.807) is 0 Å². The minimum Gasteiger partial charge on any atom is -0.478 e. The van der Waals surface area contributed by atoms with Crippen LogP contribution in [0.15, 0.2) is 12.1 Å². The number of hydrogen-bond donors (Lipinski definition) is 2. The van der Waals surface area contributed by atoms with Crippen LogP contribution in [0.5, 0.6) is 5.88 Å². The van der Waals surface area contributed by atoms with Gasteiger partial charge in [0.2, 0.25) is 5.88 Å². The van der Waals surface area contributed by atoms with E-state index in [0.29, 0.717) is 24.8 Å². The van der Waals surface area contributed by atoms with Crippen LogP contribution < -0.4 is 15.4 Å². The normalized spacial score (nSPS) is 17.8. The number of piperidine rings is 1. The average molecular weight is 358 g/mol. The van der Waals surface area contributed by atoms with Crippen LogP contribution in [0.25, 0.3) is 0 Å². The molecule has 0 spiro atoms. The molecule has 1 saturated heterocycles. The van der Waals surface area contributed by atoms with E-state index in [1.807, 2.05) is 12.1 Å². The standard InChI is InChI=1S/C17H26N4O2.Ar/c22-17-18-9-8-14-6-7-15(19-16(14)20-17)23-13-5-4-12-21-10-2-1-3-11-21;/h6-7H,1-5,8-13H2,(H2,18,19,20,22);. The fourth-order valence-electron chi connectivity index (χ4n) is 3.12. The van der Waals surface area contributed by atoms with Gasteiger partial charge in [-0.1, -0.05) is 6.42 Å². The van der Waals surface area contributed by atoms with E-state index in [1.165, 1.54) is 38.9 Å². The molecule has 2 aliphatic heterocycles. The largest absolute Gasteiger partial charge is 0.478 e. The number of fused-ring (bicyclic) bond motifs is 1. The zero-order valence-electron chi connectivity index (χ0n) is 14.0. The van der Waals surface area contributed by atoms with Gasteiger partial charge in [0.15, 0.2) is 0 Å². The topological polar surface area (TPSA) is 66.5 Å². The van der Waals surface area contributed by atoms with Crippen molar-refractivity contribution < 1.29 is 47.3 Å². The van der Waals surface area contributed by atoms with Crippen molar-refractivity contribution in [3.05, 3.63) is 17.7 Å². The molecule has 1 fully saturated rings. The Labute approximate surface area is 173 Å². The maximum Gasteiger partial charge on any atom is 0.320 e. The molecule has 3 heterocycles. The molecule has 3 rings (SSSR count). The molecule has 6 nitrogen and oxygen atoms in total. The molecule has 2 aliphatic rings. The molecule has 0 saturated carbocycles. The van der Waals surface area contributed by atoms with Gasteiger partial charge in [0.05, 0.1) is 6.61 Å². The van der Waals surface area contributed by atoms with Gasteiger partial charge in [-0.2, -0.15) is 4.98 Å². The van der Waals surface area contributed by atoms with Gasteiger partial charge in [-0.15, -0.1) is 0 Å². The third kappa shape index (κ3) is 6.06. The minimum atomic E-state index is -0.199. The van der Waals surface area contributed by atoms with E-state index in [2.05, 4.69) is 20.5 Å². The third-order valence-electron chi connectivity index (χ3n) is 4.43. The fourth-order valence-corrected chi connectivity index (χ4v) is 3.12. The number of likely N-dealkylation sites (tertiary alicyclic amines) is 1. The fraction of sp³-hybridized carbons (Fsp3) is 0.647. The molecule has 1 aromatic heterocycles. The predicted octanol–water partition coefficient (Wildman–Crippen LogP) is 2.40. The second-order valence-electron chi connectivity index (χ2n) is 6.25. The van der Waals surface area contributed by atoms with Crippen molar-refractivity contribution in [2.45, 2.75) is 38.5 Å². The van der Waals surface area contributed by atoms with Gasteiger partial charge in [0.1, 0.15) is 5.82 Å². The zero-order valence-corrected chi connectivity index (χ0v) is 14.7. The molecule has 134 valence electrons. The Kier molecular flexibility index (Phi) is 8.59. The summed E-state index contributed by atoms with van der Waals surface area (Å²) in [4.78, 5) is 18.5.